The lowest BCUT2D eigenvalue weighted by atomic mass is 10.2. The number of halogens is 1. The Hall–Kier alpha value is -2.45. The number of sulfonamides is 1. The van der Waals surface area contributed by atoms with Crippen molar-refractivity contribution in [1.82, 2.24) is 4.72 Å². The lowest BCUT2D eigenvalue weighted by Gasteiger charge is -2.09. The standard InChI is InChI=1S/C18H18FNO5S/c1-24-17-8-5-12(9-16(17)19)11-25-18(21)13-3-2-4-15(10-13)26(22,23)20-14-6-7-14/h2-5,8-10,14,20H,6-7,11H2,1H3. The molecular formula is C18H18FNO5S. The number of benzene rings is 2. The first-order valence-electron chi connectivity index (χ1n) is 8.01. The average Bonchev–Trinajstić information content (AvgIpc) is 3.43. The first-order valence-corrected chi connectivity index (χ1v) is 9.49. The predicted octanol–water partition coefficient (Wildman–Crippen LogP) is 2.63. The van der Waals surface area contributed by atoms with Crippen LogP contribution in [-0.2, 0) is 21.4 Å². The van der Waals surface area contributed by atoms with E-state index in [2.05, 4.69) is 4.72 Å². The average molecular weight is 379 g/mol. The Morgan fingerprint density at radius 1 is 1.23 bits per heavy atom. The van der Waals surface area contributed by atoms with E-state index in [9.17, 15) is 17.6 Å². The molecule has 138 valence electrons. The zero-order valence-electron chi connectivity index (χ0n) is 14.1. The van der Waals surface area contributed by atoms with Crippen LogP contribution >= 0.6 is 0 Å². The summed E-state index contributed by atoms with van der Waals surface area (Å²) in [7, 11) is -2.30. The normalized spacial score (nSPS) is 14.1. The quantitative estimate of drug-likeness (QED) is 0.748. The van der Waals surface area contributed by atoms with Gasteiger partial charge in [0, 0.05) is 6.04 Å². The van der Waals surface area contributed by atoms with E-state index in [1.54, 1.807) is 6.07 Å². The molecular weight excluding hydrogens is 361 g/mol. The fourth-order valence-corrected chi connectivity index (χ4v) is 3.66. The molecule has 8 heteroatoms. The van der Waals surface area contributed by atoms with Gasteiger partial charge in [0.05, 0.1) is 17.6 Å². The zero-order valence-corrected chi connectivity index (χ0v) is 14.9. The van der Waals surface area contributed by atoms with Crippen molar-refractivity contribution >= 4 is 16.0 Å². The molecule has 0 amide bonds. The van der Waals surface area contributed by atoms with Gasteiger partial charge in [-0.15, -0.1) is 0 Å². The number of hydrogen-bond acceptors (Lipinski definition) is 5. The summed E-state index contributed by atoms with van der Waals surface area (Å²) >= 11 is 0. The molecule has 6 nitrogen and oxygen atoms in total. The minimum absolute atomic E-state index is 0.00865. The summed E-state index contributed by atoms with van der Waals surface area (Å²) in [5, 5.41) is 0. The van der Waals surface area contributed by atoms with Crippen molar-refractivity contribution in [2.45, 2.75) is 30.4 Å². The molecule has 0 unspecified atom stereocenters. The largest absolute Gasteiger partial charge is 0.494 e. The molecule has 1 saturated carbocycles. The van der Waals surface area contributed by atoms with E-state index in [4.69, 9.17) is 9.47 Å². The van der Waals surface area contributed by atoms with E-state index in [1.165, 1.54) is 43.5 Å². The molecule has 0 bridgehead atoms. The van der Waals surface area contributed by atoms with Gasteiger partial charge in [0.25, 0.3) is 0 Å². The van der Waals surface area contributed by atoms with Crippen LogP contribution in [-0.4, -0.2) is 27.5 Å². The van der Waals surface area contributed by atoms with Crippen molar-refractivity contribution in [2.24, 2.45) is 0 Å². The first kappa shape index (κ1) is 18.3. The van der Waals surface area contributed by atoms with E-state index < -0.39 is 21.8 Å². The fraction of sp³-hybridized carbons (Fsp3) is 0.278. The molecule has 1 aliphatic rings. The maximum absolute atomic E-state index is 13.7. The number of esters is 1. The molecule has 1 N–H and O–H groups in total. The number of ether oxygens (including phenoxy) is 2. The first-order chi connectivity index (χ1) is 12.4. The van der Waals surface area contributed by atoms with Gasteiger partial charge in [0.1, 0.15) is 6.61 Å². The molecule has 1 aliphatic carbocycles. The van der Waals surface area contributed by atoms with Gasteiger partial charge >= 0.3 is 5.97 Å². The smallest absolute Gasteiger partial charge is 0.338 e. The van der Waals surface area contributed by atoms with E-state index in [0.717, 1.165) is 12.8 Å². The summed E-state index contributed by atoms with van der Waals surface area (Å²) in [4.78, 5) is 12.2. The maximum Gasteiger partial charge on any atom is 0.338 e. The van der Waals surface area contributed by atoms with Gasteiger partial charge in [-0.2, -0.15) is 0 Å². The number of carbonyl (C=O) groups is 1. The Kier molecular flexibility index (Phi) is 5.24. The predicted molar refractivity (Wildman–Crippen MR) is 91.9 cm³/mol. The Labute approximate surface area is 151 Å². The number of carbonyl (C=O) groups excluding carboxylic acids is 1. The topological polar surface area (TPSA) is 81.7 Å². The molecule has 0 radical (unpaired) electrons. The van der Waals surface area contributed by atoms with Crippen LogP contribution in [0.3, 0.4) is 0 Å². The highest BCUT2D eigenvalue weighted by Gasteiger charge is 2.28. The molecule has 2 aromatic rings. The van der Waals surface area contributed by atoms with Crippen molar-refractivity contribution < 1.29 is 27.1 Å². The molecule has 0 spiro atoms. The van der Waals surface area contributed by atoms with Crippen LogP contribution in [0.2, 0.25) is 0 Å². The van der Waals surface area contributed by atoms with Crippen molar-refractivity contribution in [1.29, 1.82) is 0 Å². The molecule has 0 aliphatic heterocycles. The third kappa shape index (κ3) is 4.39. The van der Waals surface area contributed by atoms with Crippen molar-refractivity contribution in [3.63, 3.8) is 0 Å². The van der Waals surface area contributed by atoms with Crippen molar-refractivity contribution in [2.75, 3.05) is 7.11 Å². The van der Waals surface area contributed by atoms with Crippen LogP contribution in [0.15, 0.2) is 47.4 Å². The fourth-order valence-electron chi connectivity index (χ4n) is 2.31. The van der Waals surface area contributed by atoms with Crippen LogP contribution in [0.1, 0.15) is 28.8 Å². The Morgan fingerprint density at radius 3 is 2.65 bits per heavy atom. The number of methoxy groups -OCH3 is 1. The van der Waals surface area contributed by atoms with E-state index in [1.807, 2.05) is 0 Å². The molecule has 1 fully saturated rings. The third-order valence-electron chi connectivity index (χ3n) is 3.87. The van der Waals surface area contributed by atoms with Gasteiger partial charge in [-0.3, -0.25) is 0 Å². The second kappa shape index (κ2) is 7.43. The highest BCUT2D eigenvalue weighted by molar-refractivity contribution is 7.89. The Balaban J connectivity index is 1.68. The van der Waals surface area contributed by atoms with E-state index >= 15 is 0 Å². The molecule has 0 saturated heterocycles. The van der Waals surface area contributed by atoms with E-state index in [-0.39, 0.29) is 28.9 Å². The SMILES string of the molecule is COc1ccc(COC(=O)c2cccc(S(=O)(=O)NC3CC3)c2)cc1F. The van der Waals surface area contributed by atoms with Gasteiger partial charge < -0.3 is 9.47 Å². The second-order valence-corrected chi connectivity index (χ2v) is 7.68. The van der Waals surface area contributed by atoms with Crippen molar-refractivity contribution in [3.8, 4) is 5.75 Å². The molecule has 0 heterocycles. The lowest BCUT2D eigenvalue weighted by molar-refractivity contribution is 0.0472. The molecule has 0 atom stereocenters. The van der Waals surface area contributed by atoms with Gasteiger partial charge in [0.15, 0.2) is 11.6 Å². The highest BCUT2D eigenvalue weighted by atomic mass is 32.2. The lowest BCUT2D eigenvalue weighted by Crippen LogP contribution is -2.25. The summed E-state index contributed by atoms with van der Waals surface area (Å²) in [5.41, 5.74) is 0.563. The monoisotopic (exact) mass is 379 g/mol. The van der Waals surface area contributed by atoms with Gasteiger partial charge in [-0.1, -0.05) is 12.1 Å². The maximum atomic E-state index is 13.7. The second-order valence-electron chi connectivity index (χ2n) is 5.97. The molecule has 0 aromatic heterocycles. The van der Waals surface area contributed by atoms with Crippen LogP contribution in [0.5, 0.6) is 5.75 Å². The molecule has 26 heavy (non-hydrogen) atoms. The van der Waals surface area contributed by atoms with Crippen LogP contribution in [0, 0.1) is 5.82 Å². The van der Waals surface area contributed by atoms with Gasteiger partial charge in [-0.25, -0.2) is 22.3 Å². The summed E-state index contributed by atoms with van der Waals surface area (Å²) in [6, 6.07) is 9.83. The summed E-state index contributed by atoms with van der Waals surface area (Å²) < 4.78 is 50.6. The van der Waals surface area contributed by atoms with Gasteiger partial charge in [-0.05, 0) is 48.7 Å². The number of rotatable bonds is 7. The molecule has 2 aromatic carbocycles. The number of hydrogen-bond donors (Lipinski definition) is 1. The Bertz CT molecular complexity index is 925. The van der Waals surface area contributed by atoms with Crippen LogP contribution in [0.25, 0.3) is 0 Å². The molecule has 3 rings (SSSR count). The minimum Gasteiger partial charge on any atom is -0.494 e. The van der Waals surface area contributed by atoms with Crippen LogP contribution < -0.4 is 9.46 Å². The van der Waals surface area contributed by atoms with E-state index in [0.29, 0.717) is 5.56 Å². The highest BCUT2D eigenvalue weighted by Crippen LogP contribution is 2.23. The van der Waals surface area contributed by atoms with Gasteiger partial charge in [0.2, 0.25) is 10.0 Å². The van der Waals surface area contributed by atoms with Crippen molar-refractivity contribution in [3.05, 3.63) is 59.4 Å². The summed E-state index contributed by atoms with van der Waals surface area (Å²) in [5.74, 6) is -1.15. The summed E-state index contributed by atoms with van der Waals surface area (Å²) in [6.07, 6.45) is 1.64. The minimum atomic E-state index is -3.65. The summed E-state index contributed by atoms with van der Waals surface area (Å²) in [6.45, 7) is -0.142. The van der Waals surface area contributed by atoms with Crippen LogP contribution in [0.4, 0.5) is 4.39 Å². The number of nitrogens with one attached hydrogen (secondary N) is 1. The third-order valence-corrected chi connectivity index (χ3v) is 5.38. The Morgan fingerprint density at radius 2 is 2.00 bits per heavy atom. The zero-order chi connectivity index (χ0) is 18.7.